The molecular weight excluding hydrogens is 326 g/mol. The predicted molar refractivity (Wildman–Crippen MR) is 102 cm³/mol. The van der Waals surface area contributed by atoms with Gasteiger partial charge in [-0.05, 0) is 55.2 Å². The number of hydrogen-bond donors (Lipinski definition) is 0. The van der Waals surface area contributed by atoms with Gasteiger partial charge in [0.1, 0.15) is 5.75 Å². The molecule has 138 valence electrons. The van der Waals surface area contributed by atoms with Crippen LogP contribution >= 0.6 is 0 Å². The Balaban J connectivity index is 1.41. The molecule has 26 heavy (non-hydrogen) atoms. The molecule has 3 rings (SSSR count). The highest BCUT2D eigenvalue weighted by atomic mass is 16.5. The van der Waals surface area contributed by atoms with Crippen molar-refractivity contribution in [1.29, 1.82) is 0 Å². The van der Waals surface area contributed by atoms with Gasteiger partial charge >= 0.3 is 0 Å². The summed E-state index contributed by atoms with van der Waals surface area (Å²) in [7, 11) is 0. The first-order valence-electron chi connectivity index (χ1n) is 9.21. The molecule has 1 aliphatic heterocycles. The van der Waals surface area contributed by atoms with Gasteiger partial charge in [0.05, 0.1) is 0 Å². The molecule has 0 atom stereocenters. The van der Waals surface area contributed by atoms with Crippen molar-refractivity contribution in [2.24, 2.45) is 0 Å². The fraction of sp³-hybridized carbons (Fsp3) is 0.429. The number of ether oxygens (including phenoxy) is 1. The van der Waals surface area contributed by atoms with E-state index in [-0.39, 0.29) is 12.5 Å². The molecule has 1 aromatic carbocycles. The maximum atomic E-state index is 12.4. The molecular formula is C21H27N3O2. The van der Waals surface area contributed by atoms with E-state index in [0.29, 0.717) is 0 Å². The summed E-state index contributed by atoms with van der Waals surface area (Å²) < 4.78 is 5.75. The third kappa shape index (κ3) is 4.82. The van der Waals surface area contributed by atoms with Crippen molar-refractivity contribution in [2.45, 2.75) is 20.3 Å². The minimum atomic E-state index is 0.0692. The Bertz CT molecular complexity index is 725. The van der Waals surface area contributed by atoms with Gasteiger partial charge in [-0.2, -0.15) is 0 Å². The fourth-order valence-corrected chi connectivity index (χ4v) is 3.17. The van der Waals surface area contributed by atoms with E-state index in [4.69, 9.17) is 4.74 Å². The second kappa shape index (κ2) is 8.81. The van der Waals surface area contributed by atoms with Gasteiger partial charge in [0.2, 0.25) is 0 Å². The topological polar surface area (TPSA) is 45.7 Å². The van der Waals surface area contributed by atoms with Gasteiger partial charge in [-0.15, -0.1) is 0 Å². The van der Waals surface area contributed by atoms with Gasteiger partial charge in [-0.25, -0.2) is 0 Å². The lowest BCUT2D eigenvalue weighted by molar-refractivity contribution is -0.135. The minimum absolute atomic E-state index is 0.0692. The average Bonchev–Trinajstić information content (AvgIpc) is 2.68. The Kier molecular flexibility index (Phi) is 6.23. The number of nitrogens with zero attached hydrogens (tertiary/aromatic N) is 3. The van der Waals surface area contributed by atoms with Crippen LogP contribution in [0.3, 0.4) is 0 Å². The largest absolute Gasteiger partial charge is 0.483 e. The van der Waals surface area contributed by atoms with Crippen molar-refractivity contribution in [3.05, 3.63) is 59.4 Å². The number of aryl methyl sites for hydroxylation is 1. The highest BCUT2D eigenvalue weighted by molar-refractivity contribution is 5.78. The van der Waals surface area contributed by atoms with E-state index in [1.807, 2.05) is 36.4 Å². The molecule has 0 saturated carbocycles. The molecule has 2 aromatic rings. The summed E-state index contributed by atoms with van der Waals surface area (Å²) in [5, 5.41) is 0. The first-order chi connectivity index (χ1) is 12.6. The quantitative estimate of drug-likeness (QED) is 0.800. The van der Waals surface area contributed by atoms with E-state index in [0.717, 1.165) is 50.5 Å². The summed E-state index contributed by atoms with van der Waals surface area (Å²) in [6.07, 6.45) is 4.69. The number of aromatic nitrogens is 1. The van der Waals surface area contributed by atoms with E-state index in [1.54, 1.807) is 0 Å². The first-order valence-corrected chi connectivity index (χ1v) is 9.21. The van der Waals surface area contributed by atoms with Crippen LogP contribution in [0.2, 0.25) is 0 Å². The van der Waals surface area contributed by atoms with Gasteiger partial charge in [0.25, 0.3) is 5.91 Å². The van der Waals surface area contributed by atoms with Crippen LogP contribution in [0.15, 0.2) is 42.7 Å². The third-order valence-corrected chi connectivity index (χ3v) is 5.10. The summed E-state index contributed by atoms with van der Waals surface area (Å²) in [4.78, 5) is 20.8. The van der Waals surface area contributed by atoms with Crippen LogP contribution in [0.1, 0.15) is 16.7 Å². The van der Waals surface area contributed by atoms with Gasteiger partial charge in [0, 0.05) is 45.1 Å². The number of pyridine rings is 1. The standard InChI is InChI=1S/C21H27N3O2/c1-17-4-3-5-20(18(17)2)26-16-21(25)24-14-12-23(13-15-24)11-8-19-6-9-22-10-7-19/h3-7,9-10H,8,11-16H2,1-2H3. The Morgan fingerprint density at radius 3 is 2.54 bits per heavy atom. The van der Waals surface area contributed by atoms with E-state index in [2.05, 4.69) is 35.0 Å². The van der Waals surface area contributed by atoms with Crippen molar-refractivity contribution in [2.75, 3.05) is 39.3 Å². The fourth-order valence-electron chi connectivity index (χ4n) is 3.17. The van der Waals surface area contributed by atoms with Crippen molar-refractivity contribution < 1.29 is 9.53 Å². The zero-order chi connectivity index (χ0) is 18.4. The van der Waals surface area contributed by atoms with Gasteiger partial charge < -0.3 is 9.64 Å². The van der Waals surface area contributed by atoms with Gasteiger partial charge in [0.15, 0.2) is 6.61 Å². The lowest BCUT2D eigenvalue weighted by atomic mass is 10.1. The van der Waals surface area contributed by atoms with E-state index in [9.17, 15) is 4.79 Å². The second-order valence-corrected chi connectivity index (χ2v) is 6.81. The van der Waals surface area contributed by atoms with Crippen LogP contribution in [0.5, 0.6) is 5.75 Å². The van der Waals surface area contributed by atoms with Crippen LogP contribution < -0.4 is 4.74 Å². The summed E-state index contributed by atoms with van der Waals surface area (Å²) >= 11 is 0. The van der Waals surface area contributed by atoms with Gasteiger partial charge in [-0.3, -0.25) is 14.7 Å². The molecule has 1 saturated heterocycles. The molecule has 1 aliphatic rings. The van der Waals surface area contributed by atoms with E-state index >= 15 is 0 Å². The third-order valence-electron chi connectivity index (χ3n) is 5.10. The van der Waals surface area contributed by atoms with E-state index < -0.39 is 0 Å². The number of benzene rings is 1. The zero-order valence-corrected chi connectivity index (χ0v) is 15.6. The lowest BCUT2D eigenvalue weighted by Crippen LogP contribution is -2.50. The number of carbonyl (C=O) groups is 1. The van der Waals surface area contributed by atoms with Crippen molar-refractivity contribution >= 4 is 5.91 Å². The molecule has 5 nitrogen and oxygen atoms in total. The molecule has 1 fully saturated rings. The Hall–Kier alpha value is -2.40. The molecule has 1 aromatic heterocycles. The number of rotatable bonds is 6. The van der Waals surface area contributed by atoms with E-state index in [1.165, 1.54) is 11.1 Å². The number of amides is 1. The number of piperazine rings is 1. The molecule has 0 aliphatic carbocycles. The molecule has 0 bridgehead atoms. The van der Waals surface area contributed by atoms with Crippen molar-refractivity contribution in [1.82, 2.24) is 14.8 Å². The number of carbonyl (C=O) groups excluding carboxylic acids is 1. The Labute approximate surface area is 155 Å². The lowest BCUT2D eigenvalue weighted by Gasteiger charge is -2.34. The SMILES string of the molecule is Cc1cccc(OCC(=O)N2CCN(CCc3ccncc3)CC2)c1C. The van der Waals surface area contributed by atoms with Crippen LogP contribution in [0.4, 0.5) is 0 Å². The minimum Gasteiger partial charge on any atom is -0.483 e. The van der Waals surface area contributed by atoms with Crippen molar-refractivity contribution in [3.8, 4) is 5.75 Å². The summed E-state index contributed by atoms with van der Waals surface area (Å²) in [6, 6.07) is 10.1. The highest BCUT2D eigenvalue weighted by Gasteiger charge is 2.21. The zero-order valence-electron chi connectivity index (χ0n) is 15.6. The molecule has 0 radical (unpaired) electrons. The highest BCUT2D eigenvalue weighted by Crippen LogP contribution is 2.20. The summed E-state index contributed by atoms with van der Waals surface area (Å²) in [5.41, 5.74) is 3.58. The van der Waals surface area contributed by atoms with Crippen LogP contribution in [-0.2, 0) is 11.2 Å². The molecule has 1 amide bonds. The monoisotopic (exact) mass is 353 g/mol. The van der Waals surface area contributed by atoms with Crippen LogP contribution in [0, 0.1) is 13.8 Å². The van der Waals surface area contributed by atoms with Crippen LogP contribution in [0.25, 0.3) is 0 Å². The molecule has 0 N–H and O–H groups in total. The summed E-state index contributed by atoms with van der Waals surface area (Å²) in [5.74, 6) is 0.869. The molecule has 0 spiro atoms. The van der Waals surface area contributed by atoms with Crippen LogP contribution in [-0.4, -0.2) is 60.0 Å². The normalized spacial score (nSPS) is 15.1. The summed E-state index contributed by atoms with van der Waals surface area (Å²) in [6.45, 7) is 8.58. The second-order valence-electron chi connectivity index (χ2n) is 6.81. The predicted octanol–water partition coefficient (Wildman–Crippen LogP) is 2.46. The Morgan fingerprint density at radius 1 is 1.08 bits per heavy atom. The maximum Gasteiger partial charge on any atom is 0.260 e. The first kappa shape index (κ1) is 18.4. The Morgan fingerprint density at radius 2 is 1.81 bits per heavy atom. The molecule has 0 unspecified atom stereocenters. The van der Waals surface area contributed by atoms with Crippen molar-refractivity contribution in [3.63, 3.8) is 0 Å². The molecule has 5 heteroatoms. The average molecular weight is 353 g/mol. The molecule has 2 heterocycles. The smallest absolute Gasteiger partial charge is 0.260 e. The maximum absolute atomic E-state index is 12.4. The van der Waals surface area contributed by atoms with Gasteiger partial charge in [-0.1, -0.05) is 12.1 Å². The number of hydrogen-bond acceptors (Lipinski definition) is 4.